The van der Waals surface area contributed by atoms with E-state index < -0.39 is 0 Å². The summed E-state index contributed by atoms with van der Waals surface area (Å²) in [5.74, 6) is 0. The lowest BCUT2D eigenvalue weighted by Gasteiger charge is -2.30. The van der Waals surface area contributed by atoms with Crippen molar-refractivity contribution in [1.82, 2.24) is 4.90 Å². The summed E-state index contributed by atoms with van der Waals surface area (Å²) in [5.41, 5.74) is 3.35. The fraction of sp³-hybridized carbons (Fsp3) is 0.667. The fourth-order valence-corrected chi connectivity index (χ4v) is 2.33. The molecular weight excluding hydrogens is 158 g/mol. The average molecular weight is 177 g/mol. The molecular formula is C12H19N. The summed E-state index contributed by atoms with van der Waals surface area (Å²) < 4.78 is 0. The van der Waals surface area contributed by atoms with Crippen LogP contribution in [0.5, 0.6) is 0 Å². The van der Waals surface area contributed by atoms with Gasteiger partial charge in [-0.2, -0.15) is 0 Å². The van der Waals surface area contributed by atoms with E-state index in [0.29, 0.717) is 0 Å². The first kappa shape index (κ1) is 9.01. The molecule has 0 aromatic heterocycles. The third-order valence-corrected chi connectivity index (χ3v) is 3.05. The Bertz CT molecular complexity index is 238. The molecule has 0 aromatic rings. The van der Waals surface area contributed by atoms with E-state index in [2.05, 4.69) is 24.0 Å². The van der Waals surface area contributed by atoms with Crippen LogP contribution < -0.4 is 0 Å². The van der Waals surface area contributed by atoms with Gasteiger partial charge in [-0.05, 0) is 37.8 Å². The molecule has 0 saturated carbocycles. The third kappa shape index (κ3) is 2.02. The van der Waals surface area contributed by atoms with Gasteiger partial charge in [0.05, 0.1) is 0 Å². The zero-order valence-corrected chi connectivity index (χ0v) is 8.55. The van der Waals surface area contributed by atoms with Gasteiger partial charge in [0.25, 0.3) is 0 Å². The summed E-state index contributed by atoms with van der Waals surface area (Å²) >= 11 is 0. The average Bonchev–Trinajstić information content (AvgIpc) is 2.18. The monoisotopic (exact) mass is 177 g/mol. The molecule has 1 aliphatic heterocycles. The molecule has 0 fully saturated rings. The second-order valence-corrected chi connectivity index (χ2v) is 4.10. The van der Waals surface area contributed by atoms with E-state index >= 15 is 0 Å². The van der Waals surface area contributed by atoms with Crippen molar-refractivity contribution in [3.05, 3.63) is 23.3 Å². The van der Waals surface area contributed by atoms with Gasteiger partial charge in [0.2, 0.25) is 0 Å². The highest BCUT2D eigenvalue weighted by Crippen LogP contribution is 2.26. The molecule has 0 N–H and O–H groups in total. The number of rotatable bonds is 2. The van der Waals surface area contributed by atoms with Crippen LogP contribution in [0.2, 0.25) is 0 Å². The fourth-order valence-electron chi connectivity index (χ4n) is 2.33. The standard InChI is InChI=1S/C12H19N/c1-2-8-13-9-7-11-5-3-4-6-12(11)10-13/h4,6H,2-3,5,7-10H2,1H3. The minimum atomic E-state index is 1.21. The normalized spacial score (nSPS) is 23.5. The number of nitrogens with zero attached hydrogens (tertiary/aromatic N) is 1. The molecule has 0 saturated heterocycles. The van der Waals surface area contributed by atoms with E-state index in [4.69, 9.17) is 0 Å². The smallest absolute Gasteiger partial charge is 0.0233 e. The molecule has 0 atom stereocenters. The molecule has 72 valence electrons. The molecule has 1 heteroatoms. The Hall–Kier alpha value is -0.560. The van der Waals surface area contributed by atoms with Crippen molar-refractivity contribution in [3.63, 3.8) is 0 Å². The molecule has 0 spiro atoms. The maximum absolute atomic E-state index is 2.58. The highest BCUT2D eigenvalue weighted by atomic mass is 15.1. The highest BCUT2D eigenvalue weighted by molar-refractivity contribution is 5.32. The lowest BCUT2D eigenvalue weighted by atomic mass is 9.92. The van der Waals surface area contributed by atoms with E-state index in [1.807, 2.05) is 0 Å². The van der Waals surface area contributed by atoms with Crippen LogP contribution in [0.15, 0.2) is 23.3 Å². The predicted octanol–water partition coefficient (Wildman–Crippen LogP) is 2.75. The lowest BCUT2D eigenvalue weighted by molar-refractivity contribution is 0.286. The predicted molar refractivity (Wildman–Crippen MR) is 56.7 cm³/mol. The summed E-state index contributed by atoms with van der Waals surface area (Å²) in [5, 5.41) is 0. The molecule has 2 aliphatic rings. The summed E-state index contributed by atoms with van der Waals surface area (Å²) in [6.45, 7) is 6.03. The van der Waals surface area contributed by atoms with Gasteiger partial charge in [-0.3, -0.25) is 4.90 Å². The molecule has 0 radical (unpaired) electrons. The van der Waals surface area contributed by atoms with E-state index in [1.165, 1.54) is 45.3 Å². The van der Waals surface area contributed by atoms with Gasteiger partial charge >= 0.3 is 0 Å². The maximum Gasteiger partial charge on any atom is 0.0233 e. The van der Waals surface area contributed by atoms with Crippen molar-refractivity contribution in [2.24, 2.45) is 0 Å². The Labute approximate surface area is 81.1 Å². The molecule has 0 amide bonds. The zero-order valence-electron chi connectivity index (χ0n) is 8.55. The van der Waals surface area contributed by atoms with Gasteiger partial charge in [-0.15, -0.1) is 0 Å². The molecule has 2 rings (SSSR count). The second kappa shape index (κ2) is 4.10. The van der Waals surface area contributed by atoms with E-state index in [0.717, 1.165) is 0 Å². The first-order valence-corrected chi connectivity index (χ1v) is 5.50. The Morgan fingerprint density at radius 1 is 1.38 bits per heavy atom. The number of hydrogen-bond donors (Lipinski definition) is 0. The molecule has 13 heavy (non-hydrogen) atoms. The summed E-state index contributed by atoms with van der Waals surface area (Å²) in [4.78, 5) is 2.58. The van der Waals surface area contributed by atoms with Gasteiger partial charge in [0.15, 0.2) is 0 Å². The minimum absolute atomic E-state index is 1.21. The summed E-state index contributed by atoms with van der Waals surface area (Å²) in [7, 11) is 0. The van der Waals surface area contributed by atoms with Gasteiger partial charge < -0.3 is 0 Å². The van der Waals surface area contributed by atoms with Gasteiger partial charge in [0.1, 0.15) is 0 Å². The maximum atomic E-state index is 2.58. The lowest BCUT2D eigenvalue weighted by Crippen LogP contribution is -2.32. The molecule has 0 bridgehead atoms. The van der Waals surface area contributed by atoms with Crippen molar-refractivity contribution < 1.29 is 0 Å². The summed E-state index contributed by atoms with van der Waals surface area (Å²) in [6, 6.07) is 0. The molecule has 1 aliphatic carbocycles. The van der Waals surface area contributed by atoms with Crippen LogP contribution >= 0.6 is 0 Å². The van der Waals surface area contributed by atoms with Crippen LogP contribution in [0.1, 0.15) is 32.6 Å². The van der Waals surface area contributed by atoms with Crippen molar-refractivity contribution in [1.29, 1.82) is 0 Å². The second-order valence-electron chi connectivity index (χ2n) is 4.10. The molecule has 1 heterocycles. The Balaban J connectivity index is 2.01. The first-order valence-electron chi connectivity index (χ1n) is 5.50. The number of allylic oxidation sites excluding steroid dienone is 1. The van der Waals surface area contributed by atoms with E-state index in [-0.39, 0.29) is 0 Å². The largest absolute Gasteiger partial charge is 0.299 e. The Morgan fingerprint density at radius 3 is 3.15 bits per heavy atom. The van der Waals surface area contributed by atoms with Crippen molar-refractivity contribution in [2.75, 3.05) is 19.6 Å². The van der Waals surface area contributed by atoms with Crippen LogP contribution in [0.3, 0.4) is 0 Å². The van der Waals surface area contributed by atoms with E-state index in [1.54, 1.807) is 11.1 Å². The molecule has 1 nitrogen and oxygen atoms in total. The van der Waals surface area contributed by atoms with Crippen LogP contribution in [-0.2, 0) is 0 Å². The molecule has 0 aromatic carbocycles. The van der Waals surface area contributed by atoms with Gasteiger partial charge in [-0.1, -0.05) is 24.6 Å². The topological polar surface area (TPSA) is 3.24 Å². The van der Waals surface area contributed by atoms with Crippen LogP contribution in [-0.4, -0.2) is 24.5 Å². The molecule has 0 unspecified atom stereocenters. The van der Waals surface area contributed by atoms with Crippen molar-refractivity contribution in [3.8, 4) is 0 Å². The van der Waals surface area contributed by atoms with Crippen LogP contribution in [0.4, 0.5) is 0 Å². The number of hydrogen-bond acceptors (Lipinski definition) is 1. The van der Waals surface area contributed by atoms with Crippen molar-refractivity contribution >= 4 is 0 Å². The Morgan fingerprint density at radius 2 is 2.31 bits per heavy atom. The van der Waals surface area contributed by atoms with Crippen LogP contribution in [0, 0.1) is 0 Å². The van der Waals surface area contributed by atoms with E-state index in [9.17, 15) is 0 Å². The SMILES string of the molecule is CCCN1CCC2=C(C=CCC2)C1. The van der Waals surface area contributed by atoms with Crippen LogP contribution in [0.25, 0.3) is 0 Å². The third-order valence-electron chi connectivity index (χ3n) is 3.05. The van der Waals surface area contributed by atoms with Crippen molar-refractivity contribution in [2.45, 2.75) is 32.6 Å². The highest BCUT2D eigenvalue weighted by Gasteiger charge is 2.17. The van der Waals surface area contributed by atoms with Gasteiger partial charge in [-0.25, -0.2) is 0 Å². The first-order chi connectivity index (χ1) is 6.40. The van der Waals surface area contributed by atoms with Gasteiger partial charge in [0, 0.05) is 13.1 Å². The summed E-state index contributed by atoms with van der Waals surface area (Å²) in [6.07, 6.45) is 9.87. The zero-order chi connectivity index (χ0) is 9.10. The quantitative estimate of drug-likeness (QED) is 0.627. The minimum Gasteiger partial charge on any atom is -0.299 e. The Kier molecular flexibility index (Phi) is 2.84.